The van der Waals surface area contributed by atoms with Crippen LogP contribution in [0.3, 0.4) is 0 Å². The number of ether oxygens (including phenoxy) is 1. The van der Waals surface area contributed by atoms with E-state index < -0.39 is 10.7 Å². The number of hydrogen-bond donors (Lipinski definition) is 1. The maximum Gasteiger partial charge on any atom is 0.292 e. The van der Waals surface area contributed by atoms with Crippen LogP contribution in [0.2, 0.25) is 0 Å². The van der Waals surface area contributed by atoms with E-state index in [1.165, 1.54) is 30.3 Å². The normalized spacial score (nSPS) is 10.2. The SMILES string of the molecule is Cc1ccc(F)c(Oc2ccc([N+](=O)[O-])c(N)c2)c1. The lowest BCUT2D eigenvalue weighted by Crippen LogP contribution is -1.96. The summed E-state index contributed by atoms with van der Waals surface area (Å²) in [4.78, 5) is 10.0. The molecule has 0 atom stereocenters. The van der Waals surface area contributed by atoms with E-state index in [4.69, 9.17) is 10.5 Å². The van der Waals surface area contributed by atoms with Gasteiger partial charge in [-0.2, -0.15) is 0 Å². The van der Waals surface area contributed by atoms with Crippen LogP contribution in [0, 0.1) is 22.9 Å². The molecule has 0 radical (unpaired) electrons. The number of rotatable bonds is 3. The summed E-state index contributed by atoms with van der Waals surface area (Å²) in [5.74, 6) is -0.219. The highest BCUT2D eigenvalue weighted by molar-refractivity contribution is 5.61. The van der Waals surface area contributed by atoms with Gasteiger partial charge >= 0.3 is 0 Å². The average Bonchev–Trinajstić information content (AvgIpc) is 2.33. The molecule has 6 heteroatoms. The van der Waals surface area contributed by atoms with Gasteiger partial charge in [0, 0.05) is 12.1 Å². The second kappa shape index (κ2) is 4.93. The molecule has 0 aliphatic heterocycles. The molecule has 0 saturated heterocycles. The lowest BCUT2D eigenvalue weighted by Gasteiger charge is -2.08. The van der Waals surface area contributed by atoms with Crippen LogP contribution in [0.1, 0.15) is 5.56 Å². The van der Waals surface area contributed by atoms with Crippen LogP contribution in [0.25, 0.3) is 0 Å². The maximum atomic E-state index is 13.5. The molecule has 0 aromatic heterocycles. The highest BCUT2D eigenvalue weighted by atomic mass is 19.1. The number of nitrogens with zero attached hydrogens (tertiary/aromatic N) is 1. The number of nitro groups is 1. The molecule has 0 bridgehead atoms. The maximum absolute atomic E-state index is 13.5. The van der Waals surface area contributed by atoms with Gasteiger partial charge in [-0.15, -0.1) is 0 Å². The molecular weight excluding hydrogens is 251 g/mol. The summed E-state index contributed by atoms with van der Waals surface area (Å²) >= 11 is 0. The van der Waals surface area contributed by atoms with E-state index in [0.717, 1.165) is 5.56 Å². The predicted octanol–water partition coefficient (Wildman–Crippen LogP) is 3.42. The molecule has 0 spiro atoms. The van der Waals surface area contributed by atoms with Gasteiger partial charge in [0.05, 0.1) is 4.92 Å². The molecule has 98 valence electrons. The molecular formula is C13H11FN2O3. The number of benzene rings is 2. The first-order chi connectivity index (χ1) is 8.97. The Morgan fingerprint density at radius 3 is 2.63 bits per heavy atom. The zero-order valence-electron chi connectivity index (χ0n) is 10.1. The van der Waals surface area contributed by atoms with Crippen molar-refractivity contribution in [2.75, 3.05) is 5.73 Å². The Hall–Kier alpha value is -2.63. The molecule has 0 unspecified atom stereocenters. The summed E-state index contributed by atoms with van der Waals surface area (Å²) in [6, 6.07) is 8.33. The first-order valence-electron chi connectivity index (χ1n) is 5.45. The van der Waals surface area contributed by atoms with Crippen LogP contribution >= 0.6 is 0 Å². The topological polar surface area (TPSA) is 78.4 Å². The molecule has 0 aliphatic carbocycles. The summed E-state index contributed by atoms with van der Waals surface area (Å²) in [7, 11) is 0. The van der Waals surface area contributed by atoms with Gasteiger partial charge in [-0.3, -0.25) is 10.1 Å². The molecule has 0 saturated carbocycles. The number of nitrogens with two attached hydrogens (primary N) is 1. The molecule has 19 heavy (non-hydrogen) atoms. The van der Waals surface area contributed by atoms with Gasteiger partial charge < -0.3 is 10.5 Å². The van der Waals surface area contributed by atoms with E-state index in [9.17, 15) is 14.5 Å². The van der Waals surface area contributed by atoms with Crippen molar-refractivity contribution < 1.29 is 14.1 Å². The van der Waals surface area contributed by atoms with Crippen molar-refractivity contribution >= 4 is 11.4 Å². The van der Waals surface area contributed by atoms with E-state index in [0.29, 0.717) is 0 Å². The van der Waals surface area contributed by atoms with Crippen molar-refractivity contribution in [3.8, 4) is 11.5 Å². The van der Waals surface area contributed by atoms with E-state index >= 15 is 0 Å². The van der Waals surface area contributed by atoms with Crippen molar-refractivity contribution in [3.05, 3.63) is 57.9 Å². The van der Waals surface area contributed by atoms with Gasteiger partial charge in [0.25, 0.3) is 5.69 Å². The first-order valence-corrected chi connectivity index (χ1v) is 5.45. The highest BCUT2D eigenvalue weighted by Gasteiger charge is 2.13. The minimum atomic E-state index is -0.591. The monoisotopic (exact) mass is 262 g/mol. The molecule has 2 aromatic carbocycles. The number of aryl methyl sites for hydroxylation is 1. The summed E-state index contributed by atoms with van der Waals surface area (Å²) in [5, 5.41) is 10.6. The van der Waals surface area contributed by atoms with E-state index in [1.54, 1.807) is 13.0 Å². The molecule has 0 amide bonds. The molecule has 2 aromatic rings. The predicted molar refractivity (Wildman–Crippen MR) is 68.7 cm³/mol. The standard InChI is InChI=1S/C13H11FN2O3/c1-8-2-4-10(14)13(6-8)19-9-3-5-12(16(17)18)11(15)7-9/h2-7H,15H2,1H3. The third-order valence-corrected chi connectivity index (χ3v) is 2.51. The van der Waals surface area contributed by atoms with Crippen molar-refractivity contribution in [2.24, 2.45) is 0 Å². The number of anilines is 1. The van der Waals surface area contributed by atoms with Gasteiger partial charge in [-0.25, -0.2) is 4.39 Å². The van der Waals surface area contributed by atoms with Gasteiger partial charge in [0.1, 0.15) is 11.4 Å². The Morgan fingerprint density at radius 1 is 1.26 bits per heavy atom. The Labute approximate surface area is 108 Å². The Morgan fingerprint density at radius 2 is 2.00 bits per heavy atom. The summed E-state index contributed by atoms with van der Waals surface area (Å²) in [6.45, 7) is 1.80. The van der Waals surface area contributed by atoms with Crippen LogP contribution < -0.4 is 10.5 Å². The van der Waals surface area contributed by atoms with Crippen molar-refractivity contribution in [1.82, 2.24) is 0 Å². The fourth-order valence-corrected chi connectivity index (χ4v) is 1.58. The summed E-state index contributed by atoms with van der Waals surface area (Å²) < 4.78 is 18.8. The molecule has 0 aliphatic rings. The lowest BCUT2D eigenvalue weighted by atomic mass is 10.2. The minimum Gasteiger partial charge on any atom is -0.454 e. The van der Waals surface area contributed by atoms with Crippen molar-refractivity contribution in [2.45, 2.75) is 6.92 Å². The zero-order valence-corrected chi connectivity index (χ0v) is 10.1. The Balaban J connectivity index is 2.31. The number of nitrogen functional groups attached to an aromatic ring is 1. The summed E-state index contributed by atoms with van der Waals surface area (Å²) in [5.41, 5.74) is 6.12. The first kappa shape index (κ1) is 12.8. The Kier molecular flexibility index (Phi) is 3.33. The van der Waals surface area contributed by atoms with Crippen molar-refractivity contribution in [1.29, 1.82) is 0 Å². The fraction of sp³-hybridized carbons (Fsp3) is 0.0769. The third-order valence-electron chi connectivity index (χ3n) is 2.51. The Bertz CT molecular complexity index is 644. The smallest absolute Gasteiger partial charge is 0.292 e. The lowest BCUT2D eigenvalue weighted by molar-refractivity contribution is -0.383. The second-order valence-electron chi connectivity index (χ2n) is 4.01. The fourth-order valence-electron chi connectivity index (χ4n) is 1.58. The zero-order chi connectivity index (χ0) is 14.0. The van der Waals surface area contributed by atoms with Crippen LogP contribution in [0.5, 0.6) is 11.5 Å². The molecule has 0 fully saturated rings. The number of halogens is 1. The van der Waals surface area contributed by atoms with Gasteiger partial charge in [0.15, 0.2) is 11.6 Å². The largest absolute Gasteiger partial charge is 0.454 e. The molecule has 5 nitrogen and oxygen atoms in total. The van der Waals surface area contributed by atoms with Crippen LogP contribution in [0.4, 0.5) is 15.8 Å². The summed E-state index contributed by atoms with van der Waals surface area (Å²) in [6.07, 6.45) is 0. The van der Waals surface area contributed by atoms with Crippen LogP contribution in [-0.2, 0) is 0 Å². The van der Waals surface area contributed by atoms with Gasteiger partial charge in [-0.05, 0) is 30.7 Å². The molecule has 0 heterocycles. The quantitative estimate of drug-likeness (QED) is 0.522. The van der Waals surface area contributed by atoms with E-state index in [1.807, 2.05) is 0 Å². The molecule has 2 N–H and O–H groups in total. The molecule has 2 rings (SSSR count). The number of hydrogen-bond acceptors (Lipinski definition) is 4. The highest BCUT2D eigenvalue weighted by Crippen LogP contribution is 2.30. The average molecular weight is 262 g/mol. The van der Waals surface area contributed by atoms with E-state index in [-0.39, 0.29) is 22.9 Å². The second-order valence-corrected chi connectivity index (χ2v) is 4.01. The van der Waals surface area contributed by atoms with Crippen LogP contribution in [-0.4, -0.2) is 4.92 Å². The van der Waals surface area contributed by atoms with Gasteiger partial charge in [-0.1, -0.05) is 6.07 Å². The van der Waals surface area contributed by atoms with E-state index in [2.05, 4.69) is 0 Å². The third kappa shape index (κ3) is 2.79. The number of nitro benzene ring substituents is 1. The van der Waals surface area contributed by atoms with Gasteiger partial charge in [0.2, 0.25) is 0 Å². The van der Waals surface area contributed by atoms with Crippen molar-refractivity contribution in [3.63, 3.8) is 0 Å². The van der Waals surface area contributed by atoms with Crippen LogP contribution in [0.15, 0.2) is 36.4 Å². The minimum absolute atomic E-state index is 0.0319.